The third-order valence-electron chi connectivity index (χ3n) is 1.97. The second-order valence-corrected chi connectivity index (χ2v) is 2.95. The van der Waals surface area contributed by atoms with Crippen molar-refractivity contribution < 1.29 is 14.6 Å². The fraction of sp³-hybridized carbons (Fsp3) is 0.182. The Bertz CT molecular complexity index is 531. The summed E-state index contributed by atoms with van der Waals surface area (Å²) in [5.74, 6) is -1.51. The summed E-state index contributed by atoms with van der Waals surface area (Å²) >= 11 is 0. The summed E-state index contributed by atoms with van der Waals surface area (Å²) in [6, 6.07) is 0. The van der Waals surface area contributed by atoms with Crippen LogP contribution in [0.5, 0.6) is 5.88 Å². The Morgan fingerprint density at radius 3 is 2.71 bits per heavy atom. The van der Waals surface area contributed by atoms with Crippen molar-refractivity contribution in [2.24, 2.45) is 0 Å². The first-order valence-electron chi connectivity index (χ1n) is 4.84. The van der Waals surface area contributed by atoms with Crippen molar-refractivity contribution in [2.45, 2.75) is 6.92 Å². The summed E-state index contributed by atoms with van der Waals surface area (Å²) in [6.45, 7) is 8.54. The van der Waals surface area contributed by atoms with Crippen molar-refractivity contribution in [1.82, 2.24) is 9.55 Å². The molecule has 1 aromatic heterocycles. The summed E-state index contributed by atoms with van der Waals surface area (Å²) in [4.78, 5) is 27.0. The Kier molecular flexibility index (Phi) is 3.82. The van der Waals surface area contributed by atoms with Gasteiger partial charge in [-0.15, -0.1) is 0 Å². The molecule has 0 aliphatic rings. The summed E-state index contributed by atoms with van der Waals surface area (Å²) in [5.41, 5.74) is -1.27. The molecule has 1 N–H and O–H groups in total. The highest BCUT2D eigenvalue weighted by molar-refractivity contribution is 5.91. The first-order chi connectivity index (χ1) is 8.06. The first kappa shape index (κ1) is 12.7. The Morgan fingerprint density at radius 1 is 1.59 bits per heavy atom. The van der Waals surface area contributed by atoms with E-state index in [-0.39, 0.29) is 12.4 Å². The number of rotatable bonds is 4. The number of hydrogen-bond acceptors (Lipinski definition) is 5. The number of carbonyl (C=O) groups excluding carboxylic acids is 1. The fourth-order valence-electron chi connectivity index (χ4n) is 1.24. The molecule has 0 saturated carbocycles. The van der Waals surface area contributed by atoms with E-state index in [9.17, 15) is 14.7 Å². The van der Waals surface area contributed by atoms with Gasteiger partial charge in [-0.2, -0.15) is 4.98 Å². The summed E-state index contributed by atoms with van der Waals surface area (Å²) in [7, 11) is 0. The van der Waals surface area contributed by atoms with Gasteiger partial charge in [-0.25, -0.2) is 4.79 Å². The molecule has 0 atom stereocenters. The van der Waals surface area contributed by atoms with E-state index in [0.29, 0.717) is 0 Å². The molecule has 0 spiro atoms. The van der Waals surface area contributed by atoms with Gasteiger partial charge in [0.25, 0.3) is 5.56 Å². The molecule has 0 radical (unpaired) electrons. The van der Waals surface area contributed by atoms with Gasteiger partial charge >= 0.3 is 5.97 Å². The SMILES string of the molecule is C=Cc1nc(O)c(C(=O)OCC)c(=O)n1C=C. The largest absolute Gasteiger partial charge is 0.492 e. The number of aromatic hydroxyl groups is 1. The van der Waals surface area contributed by atoms with Gasteiger partial charge < -0.3 is 9.84 Å². The highest BCUT2D eigenvalue weighted by Crippen LogP contribution is 2.12. The van der Waals surface area contributed by atoms with Crippen LogP contribution in [0.1, 0.15) is 23.1 Å². The van der Waals surface area contributed by atoms with E-state index in [2.05, 4.69) is 22.9 Å². The van der Waals surface area contributed by atoms with E-state index in [4.69, 9.17) is 0 Å². The average molecular weight is 236 g/mol. The van der Waals surface area contributed by atoms with Crippen LogP contribution in [0.2, 0.25) is 0 Å². The third kappa shape index (κ3) is 2.25. The highest BCUT2D eigenvalue weighted by Gasteiger charge is 2.21. The van der Waals surface area contributed by atoms with Crippen LogP contribution in [-0.4, -0.2) is 27.2 Å². The van der Waals surface area contributed by atoms with E-state index < -0.39 is 23.0 Å². The molecule has 6 nitrogen and oxygen atoms in total. The fourth-order valence-corrected chi connectivity index (χ4v) is 1.24. The predicted molar refractivity (Wildman–Crippen MR) is 62.6 cm³/mol. The van der Waals surface area contributed by atoms with E-state index >= 15 is 0 Å². The Hall–Kier alpha value is -2.37. The van der Waals surface area contributed by atoms with Crippen LogP contribution in [-0.2, 0) is 4.74 Å². The van der Waals surface area contributed by atoms with Gasteiger partial charge in [0, 0.05) is 6.20 Å². The standard InChI is InChI=1S/C11H12N2O4/c1-4-7-12-9(14)8(11(16)17-6-3)10(15)13(7)5-2/h4-5,14H,1-2,6H2,3H3. The summed E-state index contributed by atoms with van der Waals surface area (Å²) in [5, 5.41) is 9.51. The molecule has 90 valence electrons. The highest BCUT2D eigenvalue weighted by atomic mass is 16.5. The molecule has 1 rings (SSSR count). The number of ether oxygens (including phenoxy) is 1. The van der Waals surface area contributed by atoms with Gasteiger partial charge in [0.2, 0.25) is 5.88 Å². The van der Waals surface area contributed by atoms with Crippen molar-refractivity contribution in [2.75, 3.05) is 6.61 Å². The topological polar surface area (TPSA) is 81.4 Å². The number of aromatic nitrogens is 2. The van der Waals surface area contributed by atoms with Gasteiger partial charge in [0.1, 0.15) is 5.82 Å². The third-order valence-corrected chi connectivity index (χ3v) is 1.97. The van der Waals surface area contributed by atoms with Crippen LogP contribution in [0.3, 0.4) is 0 Å². The maximum Gasteiger partial charge on any atom is 0.349 e. The molecule has 1 heterocycles. The zero-order chi connectivity index (χ0) is 13.0. The zero-order valence-electron chi connectivity index (χ0n) is 9.34. The predicted octanol–water partition coefficient (Wildman–Crippen LogP) is 0.869. The number of hydrogen-bond donors (Lipinski definition) is 1. The molecular weight excluding hydrogens is 224 g/mol. The molecule has 0 fully saturated rings. The summed E-state index contributed by atoms with van der Waals surface area (Å²) < 4.78 is 5.65. The van der Waals surface area contributed by atoms with E-state index in [1.54, 1.807) is 6.92 Å². The Morgan fingerprint density at radius 2 is 2.24 bits per heavy atom. The minimum absolute atomic E-state index is 0.0923. The second-order valence-electron chi connectivity index (χ2n) is 2.95. The molecule has 0 bridgehead atoms. The monoisotopic (exact) mass is 236 g/mol. The normalized spacial score (nSPS) is 9.71. The molecule has 0 saturated heterocycles. The van der Waals surface area contributed by atoms with Gasteiger partial charge in [-0.3, -0.25) is 9.36 Å². The smallest absolute Gasteiger partial charge is 0.349 e. The average Bonchev–Trinajstić information content (AvgIpc) is 2.28. The molecule has 6 heteroatoms. The van der Waals surface area contributed by atoms with Crippen molar-refractivity contribution in [1.29, 1.82) is 0 Å². The van der Waals surface area contributed by atoms with E-state index in [1.807, 2.05) is 0 Å². The van der Waals surface area contributed by atoms with Gasteiger partial charge in [0.05, 0.1) is 6.61 Å². The second kappa shape index (κ2) is 5.11. The Balaban J connectivity index is 3.53. The lowest BCUT2D eigenvalue weighted by molar-refractivity contribution is 0.0519. The van der Waals surface area contributed by atoms with Crippen LogP contribution in [0.15, 0.2) is 18.0 Å². The van der Waals surface area contributed by atoms with Crippen LogP contribution < -0.4 is 5.56 Å². The summed E-state index contributed by atoms with van der Waals surface area (Å²) in [6.07, 6.45) is 2.44. The zero-order valence-corrected chi connectivity index (χ0v) is 9.34. The minimum atomic E-state index is -0.922. The number of carbonyl (C=O) groups is 1. The molecule has 0 aliphatic heterocycles. The van der Waals surface area contributed by atoms with Crippen LogP contribution in [0.4, 0.5) is 0 Å². The molecule has 0 aliphatic carbocycles. The maximum absolute atomic E-state index is 11.9. The van der Waals surface area contributed by atoms with Gasteiger partial charge in [-0.05, 0) is 13.0 Å². The van der Waals surface area contributed by atoms with Crippen molar-refractivity contribution in [3.63, 3.8) is 0 Å². The first-order valence-corrected chi connectivity index (χ1v) is 4.84. The van der Waals surface area contributed by atoms with Crippen LogP contribution >= 0.6 is 0 Å². The van der Waals surface area contributed by atoms with Crippen molar-refractivity contribution >= 4 is 18.2 Å². The van der Waals surface area contributed by atoms with Crippen LogP contribution in [0, 0.1) is 0 Å². The van der Waals surface area contributed by atoms with Crippen molar-refractivity contribution in [3.05, 3.63) is 34.9 Å². The maximum atomic E-state index is 11.9. The molecular formula is C11H12N2O4. The minimum Gasteiger partial charge on any atom is -0.492 e. The molecule has 17 heavy (non-hydrogen) atoms. The lowest BCUT2D eigenvalue weighted by atomic mass is 10.3. The number of nitrogens with zero attached hydrogens (tertiary/aromatic N) is 2. The molecule has 0 amide bonds. The van der Waals surface area contributed by atoms with E-state index in [0.717, 1.165) is 4.57 Å². The van der Waals surface area contributed by atoms with Crippen LogP contribution in [0.25, 0.3) is 12.3 Å². The Labute approximate surface area is 97.5 Å². The quantitative estimate of drug-likeness (QED) is 0.784. The van der Waals surface area contributed by atoms with Gasteiger partial charge in [-0.1, -0.05) is 13.2 Å². The lowest BCUT2D eigenvalue weighted by Gasteiger charge is -2.08. The molecule has 0 aromatic carbocycles. The molecule has 1 aromatic rings. The number of esters is 1. The lowest BCUT2D eigenvalue weighted by Crippen LogP contribution is -2.27. The molecule has 0 unspecified atom stereocenters. The van der Waals surface area contributed by atoms with E-state index in [1.165, 1.54) is 12.3 Å². The van der Waals surface area contributed by atoms with Gasteiger partial charge in [0.15, 0.2) is 5.56 Å². The van der Waals surface area contributed by atoms with Crippen molar-refractivity contribution in [3.8, 4) is 5.88 Å².